The Morgan fingerprint density at radius 3 is 1.65 bits per heavy atom. The molecule has 0 heterocycles. The number of carbonyl (C=O) groups excluding carboxylic acids is 4. The molecule has 5 aromatic rings. The van der Waals surface area contributed by atoms with Gasteiger partial charge in [-0.15, -0.1) is 0 Å². The molecular weight excluding hydrogens is 679 g/mol. The standard InChI is InChI=1S/C24H21FO3.C19H13ClN2O2/c1-17-7-9-18(10-8-17)15-22(26)24(25)23(27)16-19-11-13-21(14-12-19)28-20-5-3-2-4-6-20;20-19-9-15(5-6-16(19)12-22)8-18(24)10-17(23)7-13-1-3-14(11-21)4-2-13/h2-14,24H,15-16H2,1H3;1-6,9H,7-8,10H2. The van der Waals surface area contributed by atoms with Crippen LogP contribution >= 0.6 is 11.6 Å². The van der Waals surface area contributed by atoms with Crippen LogP contribution in [0.1, 0.15) is 45.4 Å². The highest BCUT2D eigenvalue weighted by Gasteiger charge is 2.25. The average Bonchev–Trinajstić information content (AvgIpc) is 3.14. The molecule has 0 spiro atoms. The van der Waals surface area contributed by atoms with Crippen LogP contribution in [-0.4, -0.2) is 29.3 Å². The fourth-order valence-electron chi connectivity index (χ4n) is 5.02. The molecule has 0 amide bonds. The smallest absolute Gasteiger partial charge is 0.216 e. The molecular formula is C43H34ClFN2O5. The van der Waals surface area contributed by atoms with Crippen LogP contribution in [-0.2, 0) is 44.9 Å². The lowest BCUT2D eigenvalue weighted by atomic mass is 9.99. The van der Waals surface area contributed by atoms with Crippen LogP contribution in [0.2, 0.25) is 5.02 Å². The summed E-state index contributed by atoms with van der Waals surface area (Å²) in [6.45, 7) is 1.93. The number of hydrogen-bond donors (Lipinski definition) is 0. The molecule has 0 aromatic heterocycles. The lowest BCUT2D eigenvalue weighted by Gasteiger charge is -2.09. The molecule has 0 saturated heterocycles. The van der Waals surface area contributed by atoms with E-state index in [1.54, 1.807) is 78.9 Å². The first-order chi connectivity index (χ1) is 25.0. The molecule has 5 rings (SSSR count). The van der Waals surface area contributed by atoms with Crippen molar-refractivity contribution in [1.29, 1.82) is 10.5 Å². The van der Waals surface area contributed by atoms with Gasteiger partial charge >= 0.3 is 0 Å². The van der Waals surface area contributed by atoms with E-state index in [-0.39, 0.29) is 43.7 Å². The quantitative estimate of drug-likeness (QED) is 0.106. The van der Waals surface area contributed by atoms with Crippen LogP contribution in [0, 0.1) is 29.6 Å². The zero-order valence-corrected chi connectivity index (χ0v) is 29.1. The molecule has 0 radical (unpaired) electrons. The first-order valence-corrected chi connectivity index (χ1v) is 16.7. The number of alkyl halides is 1. The number of Topliss-reactive ketones (excluding diaryl/α,β-unsaturated/α-hetero) is 4. The summed E-state index contributed by atoms with van der Waals surface area (Å²) in [5.41, 5.74) is 4.72. The van der Waals surface area contributed by atoms with E-state index in [1.165, 1.54) is 0 Å². The summed E-state index contributed by atoms with van der Waals surface area (Å²) in [6.07, 6.45) is -2.22. The highest BCUT2D eigenvalue weighted by molar-refractivity contribution is 6.31. The molecule has 1 unspecified atom stereocenters. The van der Waals surface area contributed by atoms with Gasteiger partial charge < -0.3 is 4.74 Å². The topological polar surface area (TPSA) is 125 Å². The van der Waals surface area contributed by atoms with Crippen LogP contribution in [0.25, 0.3) is 0 Å². The van der Waals surface area contributed by atoms with E-state index in [9.17, 15) is 23.6 Å². The number of aryl methyl sites for hydroxylation is 1. The molecule has 0 fully saturated rings. The number of ketones is 4. The number of nitrogens with zero attached hydrogens (tertiary/aromatic N) is 2. The molecule has 7 nitrogen and oxygen atoms in total. The molecule has 5 aromatic carbocycles. The van der Waals surface area contributed by atoms with Crippen molar-refractivity contribution in [2.75, 3.05) is 0 Å². The minimum atomic E-state index is -2.11. The first-order valence-electron chi connectivity index (χ1n) is 16.3. The predicted octanol–water partition coefficient (Wildman–Crippen LogP) is 8.45. The van der Waals surface area contributed by atoms with E-state index in [4.69, 9.17) is 26.9 Å². The van der Waals surface area contributed by atoms with Gasteiger partial charge in [0.05, 0.1) is 28.6 Å². The molecule has 0 N–H and O–H groups in total. The number of halogens is 2. The van der Waals surface area contributed by atoms with Crippen molar-refractivity contribution in [3.63, 3.8) is 0 Å². The van der Waals surface area contributed by atoms with Crippen molar-refractivity contribution in [2.24, 2.45) is 0 Å². The van der Waals surface area contributed by atoms with Gasteiger partial charge in [0.1, 0.15) is 29.1 Å². The lowest BCUT2D eigenvalue weighted by molar-refractivity contribution is -0.133. The minimum Gasteiger partial charge on any atom is -0.457 e. The Kier molecular flexibility index (Phi) is 14.3. The number of benzene rings is 5. The zero-order valence-electron chi connectivity index (χ0n) is 28.4. The van der Waals surface area contributed by atoms with Crippen LogP contribution in [0.15, 0.2) is 121 Å². The van der Waals surface area contributed by atoms with Gasteiger partial charge in [-0.2, -0.15) is 10.5 Å². The highest BCUT2D eigenvalue weighted by Crippen LogP contribution is 2.22. The molecule has 0 aliphatic carbocycles. The van der Waals surface area contributed by atoms with Gasteiger partial charge in [0.2, 0.25) is 6.17 Å². The van der Waals surface area contributed by atoms with Crippen LogP contribution in [0.5, 0.6) is 11.5 Å². The Hall–Kier alpha value is -6.22. The van der Waals surface area contributed by atoms with E-state index >= 15 is 0 Å². The summed E-state index contributed by atoms with van der Waals surface area (Å²) in [7, 11) is 0. The molecule has 0 bridgehead atoms. The number of carbonyl (C=O) groups is 4. The third kappa shape index (κ3) is 12.3. The van der Waals surface area contributed by atoms with E-state index in [0.717, 1.165) is 11.1 Å². The molecule has 0 aliphatic rings. The van der Waals surface area contributed by atoms with Gasteiger partial charge in [-0.1, -0.05) is 90.0 Å². The summed E-state index contributed by atoms with van der Waals surface area (Å²) in [6, 6.07) is 38.9. The number of nitriles is 2. The van der Waals surface area contributed by atoms with Crippen molar-refractivity contribution < 1.29 is 28.3 Å². The largest absolute Gasteiger partial charge is 0.457 e. The van der Waals surface area contributed by atoms with Crippen molar-refractivity contribution in [1.82, 2.24) is 0 Å². The summed E-state index contributed by atoms with van der Waals surface area (Å²) < 4.78 is 20.0. The first kappa shape index (κ1) is 38.6. The van der Waals surface area contributed by atoms with Crippen molar-refractivity contribution in [3.8, 4) is 23.6 Å². The molecule has 0 saturated carbocycles. The maximum Gasteiger partial charge on any atom is 0.216 e. The fraction of sp³-hybridized carbons (Fsp3) is 0.163. The highest BCUT2D eigenvalue weighted by atomic mass is 35.5. The van der Waals surface area contributed by atoms with E-state index in [2.05, 4.69) is 0 Å². The van der Waals surface area contributed by atoms with Crippen molar-refractivity contribution in [3.05, 3.63) is 165 Å². The van der Waals surface area contributed by atoms with E-state index in [1.807, 2.05) is 61.5 Å². The monoisotopic (exact) mass is 712 g/mol. The third-order valence-electron chi connectivity index (χ3n) is 7.78. The Balaban J connectivity index is 0.000000236. The SMILES string of the molecule is Cc1ccc(CC(=O)C(F)C(=O)Cc2ccc(Oc3ccccc3)cc2)cc1.N#Cc1ccc(CC(=O)CC(=O)Cc2ccc(C#N)c(Cl)c2)cc1. The van der Waals surface area contributed by atoms with Gasteiger partial charge in [-0.05, 0) is 77.7 Å². The van der Waals surface area contributed by atoms with Gasteiger partial charge in [-0.25, -0.2) is 4.39 Å². The van der Waals surface area contributed by atoms with Crippen molar-refractivity contribution in [2.45, 2.75) is 45.2 Å². The minimum absolute atomic E-state index is 0.0863. The predicted molar refractivity (Wildman–Crippen MR) is 196 cm³/mol. The number of hydrogen-bond acceptors (Lipinski definition) is 7. The number of rotatable bonds is 14. The molecule has 0 aliphatic heterocycles. The van der Waals surface area contributed by atoms with Gasteiger partial charge in [-0.3, -0.25) is 19.2 Å². The molecule has 1 atom stereocenters. The van der Waals surface area contributed by atoms with Gasteiger partial charge in [0.25, 0.3) is 0 Å². The lowest BCUT2D eigenvalue weighted by Crippen LogP contribution is -2.28. The summed E-state index contributed by atoms with van der Waals surface area (Å²) in [4.78, 5) is 48.2. The second kappa shape index (κ2) is 19.2. The number of ether oxygens (including phenoxy) is 1. The second-order valence-electron chi connectivity index (χ2n) is 12.0. The number of para-hydroxylation sites is 1. The van der Waals surface area contributed by atoms with Crippen LogP contribution in [0.4, 0.5) is 4.39 Å². The maximum atomic E-state index is 14.3. The summed E-state index contributed by atoms with van der Waals surface area (Å²) >= 11 is 5.93. The normalized spacial score (nSPS) is 10.8. The maximum absolute atomic E-state index is 14.3. The Labute approximate surface area is 306 Å². The Morgan fingerprint density at radius 1 is 0.635 bits per heavy atom. The summed E-state index contributed by atoms with van der Waals surface area (Å²) in [5, 5.41) is 17.9. The fourth-order valence-corrected chi connectivity index (χ4v) is 5.27. The van der Waals surface area contributed by atoms with E-state index < -0.39 is 17.7 Å². The second-order valence-corrected chi connectivity index (χ2v) is 12.4. The Bertz CT molecular complexity index is 2100. The van der Waals surface area contributed by atoms with Crippen LogP contribution in [0.3, 0.4) is 0 Å². The molecule has 260 valence electrons. The molecule has 9 heteroatoms. The Morgan fingerprint density at radius 2 is 1.12 bits per heavy atom. The van der Waals surface area contributed by atoms with Gasteiger partial charge in [0.15, 0.2) is 11.6 Å². The van der Waals surface area contributed by atoms with Gasteiger partial charge in [0, 0.05) is 25.7 Å². The summed E-state index contributed by atoms with van der Waals surface area (Å²) in [5.74, 6) is -0.489. The van der Waals surface area contributed by atoms with E-state index in [0.29, 0.717) is 44.3 Å². The molecule has 52 heavy (non-hydrogen) atoms. The van der Waals surface area contributed by atoms with Crippen molar-refractivity contribution >= 4 is 34.7 Å². The average molecular weight is 713 g/mol. The third-order valence-corrected chi connectivity index (χ3v) is 8.09. The van der Waals surface area contributed by atoms with Crippen LogP contribution < -0.4 is 4.74 Å². The zero-order chi connectivity index (χ0) is 37.5.